The summed E-state index contributed by atoms with van der Waals surface area (Å²) >= 11 is 0. The quantitative estimate of drug-likeness (QED) is 0.866. The number of likely N-dealkylation sites (tertiary alicyclic amines) is 1. The Morgan fingerprint density at radius 2 is 2.08 bits per heavy atom. The second-order valence-electron chi connectivity index (χ2n) is 8.07. The third-order valence-electron chi connectivity index (χ3n) is 5.55. The molecule has 7 nitrogen and oxygen atoms in total. The smallest absolute Gasteiger partial charge is 0.230 e. The van der Waals surface area contributed by atoms with Gasteiger partial charge >= 0.3 is 0 Å². The fourth-order valence-electron chi connectivity index (χ4n) is 3.70. The van der Waals surface area contributed by atoms with Gasteiger partial charge in [-0.15, -0.1) is 0 Å². The summed E-state index contributed by atoms with van der Waals surface area (Å²) in [6.45, 7) is 8.19. The normalized spacial score (nSPS) is 25.3. The lowest BCUT2D eigenvalue weighted by atomic mass is 9.80. The molecule has 138 valence electrons. The van der Waals surface area contributed by atoms with Gasteiger partial charge in [-0.3, -0.25) is 14.7 Å². The number of amides is 2. The summed E-state index contributed by atoms with van der Waals surface area (Å²) in [7, 11) is 0. The van der Waals surface area contributed by atoms with Crippen LogP contribution in [-0.2, 0) is 16.0 Å². The minimum Gasteiger partial charge on any atom is -0.355 e. The van der Waals surface area contributed by atoms with Crippen molar-refractivity contribution in [2.75, 3.05) is 19.6 Å². The molecular formula is C18H29N5O2. The van der Waals surface area contributed by atoms with Crippen LogP contribution in [0.3, 0.4) is 0 Å². The summed E-state index contributed by atoms with van der Waals surface area (Å²) in [6.07, 6.45) is 3.98. The number of hydrogen-bond donors (Lipinski definition) is 2. The van der Waals surface area contributed by atoms with Crippen LogP contribution in [0.15, 0.2) is 0 Å². The van der Waals surface area contributed by atoms with E-state index in [9.17, 15) is 9.59 Å². The third kappa shape index (κ3) is 4.02. The van der Waals surface area contributed by atoms with E-state index in [1.165, 1.54) is 0 Å². The molecule has 0 radical (unpaired) electrons. The van der Waals surface area contributed by atoms with Crippen molar-refractivity contribution in [3.05, 3.63) is 11.6 Å². The van der Waals surface area contributed by atoms with Gasteiger partial charge in [0, 0.05) is 38.4 Å². The Bertz CT molecular complexity index is 621. The maximum atomic E-state index is 12.9. The number of carbonyl (C=O) groups excluding carboxylic acids is 2. The molecule has 2 aliphatic rings. The maximum Gasteiger partial charge on any atom is 0.230 e. The summed E-state index contributed by atoms with van der Waals surface area (Å²) in [5.74, 6) is 2.94. The largest absolute Gasteiger partial charge is 0.355 e. The Labute approximate surface area is 149 Å². The highest BCUT2D eigenvalue weighted by molar-refractivity contribution is 5.86. The lowest BCUT2D eigenvalue weighted by Crippen LogP contribution is -2.53. The zero-order valence-electron chi connectivity index (χ0n) is 15.5. The number of aromatic nitrogens is 3. The van der Waals surface area contributed by atoms with Crippen molar-refractivity contribution in [1.82, 2.24) is 25.4 Å². The summed E-state index contributed by atoms with van der Waals surface area (Å²) in [5, 5.41) is 10.2. The van der Waals surface area contributed by atoms with E-state index in [2.05, 4.69) is 34.3 Å². The number of hydrogen-bond acceptors (Lipinski definition) is 4. The Hall–Kier alpha value is -1.92. The number of piperidine rings is 2. The highest BCUT2D eigenvalue weighted by Crippen LogP contribution is 2.31. The topological polar surface area (TPSA) is 91.0 Å². The monoisotopic (exact) mass is 347 g/mol. The van der Waals surface area contributed by atoms with E-state index in [-0.39, 0.29) is 11.8 Å². The molecule has 0 saturated carbocycles. The molecule has 2 saturated heterocycles. The van der Waals surface area contributed by atoms with Crippen molar-refractivity contribution in [3.63, 3.8) is 0 Å². The van der Waals surface area contributed by atoms with Gasteiger partial charge < -0.3 is 10.2 Å². The third-order valence-corrected chi connectivity index (χ3v) is 5.55. The Kier molecular flexibility index (Phi) is 5.11. The number of nitrogens with one attached hydrogen (secondary N) is 2. The molecule has 0 aliphatic carbocycles. The molecule has 25 heavy (non-hydrogen) atoms. The summed E-state index contributed by atoms with van der Waals surface area (Å²) in [4.78, 5) is 30.8. The van der Waals surface area contributed by atoms with Crippen LogP contribution in [0.5, 0.6) is 0 Å². The number of rotatable bonds is 4. The van der Waals surface area contributed by atoms with E-state index in [0.29, 0.717) is 31.2 Å². The van der Waals surface area contributed by atoms with Crippen LogP contribution >= 0.6 is 0 Å². The highest BCUT2D eigenvalue weighted by atomic mass is 16.2. The van der Waals surface area contributed by atoms with Gasteiger partial charge in [0.2, 0.25) is 11.8 Å². The predicted octanol–water partition coefficient (Wildman–Crippen LogP) is 1.63. The molecule has 0 bridgehead atoms. The Balaban J connectivity index is 1.51. The molecule has 3 rings (SSSR count). The van der Waals surface area contributed by atoms with Crippen molar-refractivity contribution < 1.29 is 9.59 Å². The maximum absolute atomic E-state index is 12.9. The first-order chi connectivity index (χ1) is 11.9. The zero-order chi connectivity index (χ0) is 18.0. The molecule has 7 heteroatoms. The first-order valence-corrected chi connectivity index (χ1v) is 9.34. The van der Waals surface area contributed by atoms with Gasteiger partial charge in [0.15, 0.2) is 5.82 Å². The second-order valence-corrected chi connectivity index (χ2v) is 8.07. The lowest BCUT2D eigenvalue weighted by Gasteiger charge is -2.40. The van der Waals surface area contributed by atoms with Crippen LogP contribution in [0.25, 0.3) is 0 Å². The molecule has 2 aliphatic heterocycles. The van der Waals surface area contributed by atoms with Crippen LogP contribution in [0.2, 0.25) is 0 Å². The first-order valence-electron chi connectivity index (χ1n) is 9.34. The number of aromatic amines is 1. The lowest BCUT2D eigenvalue weighted by molar-refractivity contribution is -0.145. The van der Waals surface area contributed by atoms with Crippen LogP contribution in [-0.4, -0.2) is 51.5 Å². The molecule has 2 amide bonds. The zero-order valence-corrected chi connectivity index (χ0v) is 15.5. The molecule has 0 spiro atoms. The van der Waals surface area contributed by atoms with Gasteiger partial charge in [0.1, 0.15) is 5.82 Å². The van der Waals surface area contributed by atoms with Gasteiger partial charge in [-0.1, -0.05) is 13.8 Å². The van der Waals surface area contributed by atoms with Crippen LogP contribution in [0, 0.1) is 11.3 Å². The second kappa shape index (κ2) is 7.14. The SMILES string of the molecule is CC(C)c1n[nH]c(CC2CCN(C(=O)C3(C)CCC(=O)NC3)CC2)n1. The average molecular weight is 347 g/mol. The van der Waals surface area contributed by atoms with Gasteiger partial charge in [-0.2, -0.15) is 5.10 Å². The summed E-state index contributed by atoms with van der Waals surface area (Å²) in [5.41, 5.74) is -0.447. The van der Waals surface area contributed by atoms with Gasteiger partial charge in [0.25, 0.3) is 0 Å². The number of nitrogens with zero attached hydrogens (tertiary/aromatic N) is 3. The van der Waals surface area contributed by atoms with Crippen LogP contribution < -0.4 is 5.32 Å². The summed E-state index contributed by atoms with van der Waals surface area (Å²) < 4.78 is 0. The molecule has 2 fully saturated rings. The van der Waals surface area contributed by atoms with Gasteiger partial charge in [-0.05, 0) is 32.1 Å². The van der Waals surface area contributed by atoms with E-state index in [0.717, 1.165) is 44.0 Å². The summed E-state index contributed by atoms with van der Waals surface area (Å²) in [6, 6.07) is 0. The van der Waals surface area contributed by atoms with Crippen molar-refractivity contribution in [1.29, 1.82) is 0 Å². The molecule has 1 aromatic heterocycles. The highest BCUT2D eigenvalue weighted by Gasteiger charge is 2.40. The van der Waals surface area contributed by atoms with E-state index in [1.807, 2.05) is 11.8 Å². The van der Waals surface area contributed by atoms with E-state index in [4.69, 9.17) is 0 Å². The van der Waals surface area contributed by atoms with Gasteiger partial charge in [0.05, 0.1) is 5.41 Å². The molecule has 3 heterocycles. The molecule has 1 atom stereocenters. The minimum absolute atomic E-state index is 0.0526. The van der Waals surface area contributed by atoms with Crippen molar-refractivity contribution in [3.8, 4) is 0 Å². The average Bonchev–Trinajstić information content (AvgIpc) is 3.07. The van der Waals surface area contributed by atoms with Crippen molar-refractivity contribution in [2.24, 2.45) is 11.3 Å². The standard InChI is InChI=1S/C18H29N5O2/c1-12(2)16-20-14(21-22-16)10-13-5-8-23(9-6-13)17(25)18(3)7-4-15(24)19-11-18/h12-13H,4-11H2,1-3H3,(H,19,24)(H,20,21,22). The van der Waals surface area contributed by atoms with Crippen LogP contribution in [0.4, 0.5) is 0 Å². The Morgan fingerprint density at radius 1 is 1.36 bits per heavy atom. The molecule has 0 aromatic carbocycles. The molecule has 1 aromatic rings. The molecule has 1 unspecified atom stereocenters. The minimum atomic E-state index is -0.447. The first kappa shape index (κ1) is 17.9. The molecular weight excluding hydrogens is 318 g/mol. The van der Waals surface area contributed by atoms with E-state index < -0.39 is 5.41 Å². The van der Waals surface area contributed by atoms with Crippen molar-refractivity contribution in [2.45, 2.75) is 58.8 Å². The van der Waals surface area contributed by atoms with Gasteiger partial charge in [-0.25, -0.2) is 4.98 Å². The molecule has 2 N–H and O–H groups in total. The predicted molar refractivity (Wildman–Crippen MR) is 93.8 cm³/mol. The van der Waals surface area contributed by atoms with Crippen molar-refractivity contribution >= 4 is 11.8 Å². The van der Waals surface area contributed by atoms with E-state index >= 15 is 0 Å². The number of carbonyl (C=O) groups is 2. The van der Waals surface area contributed by atoms with E-state index in [1.54, 1.807) is 0 Å². The number of H-pyrrole nitrogens is 1. The fraction of sp³-hybridized carbons (Fsp3) is 0.778. The fourth-order valence-corrected chi connectivity index (χ4v) is 3.70. The Morgan fingerprint density at radius 3 is 2.64 bits per heavy atom. The van der Waals surface area contributed by atoms with Crippen LogP contribution in [0.1, 0.15) is 64.0 Å².